The summed E-state index contributed by atoms with van der Waals surface area (Å²) in [5.74, 6) is -0.348. The molecule has 0 fully saturated rings. The highest BCUT2D eigenvalue weighted by molar-refractivity contribution is 9.10. The Balaban J connectivity index is 0.00000196. The Morgan fingerprint density at radius 2 is 2.00 bits per heavy atom. The third-order valence-electron chi connectivity index (χ3n) is 2.16. The van der Waals surface area contributed by atoms with Gasteiger partial charge < -0.3 is 10.5 Å². The van der Waals surface area contributed by atoms with Crippen molar-refractivity contribution in [1.29, 1.82) is 0 Å². The summed E-state index contributed by atoms with van der Waals surface area (Å²) in [6.45, 7) is 3.66. The van der Waals surface area contributed by atoms with Crippen molar-refractivity contribution < 1.29 is 9.53 Å². The minimum atomic E-state index is -0.348. The molecule has 0 amide bonds. The fourth-order valence-corrected chi connectivity index (χ4v) is 2.01. The van der Waals surface area contributed by atoms with Crippen LogP contribution in [0.4, 0.5) is 5.69 Å². The maximum Gasteiger partial charge on any atom is 0.338 e. The Morgan fingerprint density at radius 3 is 2.47 bits per heavy atom. The normalized spacial score (nSPS) is 9.33. The van der Waals surface area contributed by atoms with Crippen molar-refractivity contribution in [2.75, 3.05) is 12.8 Å². The van der Waals surface area contributed by atoms with Gasteiger partial charge in [-0.15, -0.1) is 12.4 Å². The number of methoxy groups -OCH3 is 1. The molecule has 0 atom stereocenters. The van der Waals surface area contributed by atoms with Crippen LogP contribution in [-0.4, -0.2) is 13.1 Å². The third kappa shape index (κ3) is 2.63. The van der Waals surface area contributed by atoms with E-state index in [1.807, 2.05) is 13.0 Å². The topological polar surface area (TPSA) is 52.3 Å². The van der Waals surface area contributed by atoms with Gasteiger partial charge >= 0.3 is 5.97 Å². The number of anilines is 1. The lowest BCUT2D eigenvalue weighted by Gasteiger charge is -2.11. The number of esters is 1. The van der Waals surface area contributed by atoms with E-state index < -0.39 is 0 Å². The van der Waals surface area contributed by atoms with Crippen molar-refractivity contribution in [1.82, 2.24) is 0 Å². The predicted octanol–water partition coefficient (Wildman–Crippen LogP) is 2.86. The zero-order chi connectivity index (χ0) is 10.9. The molecule has 3 nitrogen and oxygen atoms in total. The lowest BCUT2D eigenvalue weighted by molar-refractivity contribution is 0.0599. The zero-order valence-corrected chi connectivity index (χ0v) is 11.2. The minimum absolute atomic E-state index is 0. The Morgan fingerprint density at radius 1 is 1.47 bits per heavy atom. The van der Waals surface area contributed by atoms with Crippen LogP contribution in [0.25, 0.3) is 0 Å². The minimum Gasteiger partial charge on any atom is -0.465 e. The summed E-state index contributed by atoms with van der Waals surface area (Å²) in [5.41, 5.74) is 8.53. The molecule has 5 heteroatoms. The van der Waals surface area contributed by atoms with E-state index in [1.165, 1.54) is 7.11 Å². The molecular weight excluding hydrogens is 281 g/mol. The monoisotopic (exact) mass is 293 g/mol. The van der Waals surface area contributed by atoms with E-state index in [2.05, 4.69) is 20.7 Å². The molecule has 84 valence electrons. The summed E-state index contributed by atoms with van der Waals surface area (Å²) in [6.07, 6.45) is 0. The lowest BCUT2D eigenvalue weighted by Crippen LogP contribution is -2.08. The molecule has 15 heavy (non-hydrogen) atoms. The maximum atomic E-state index is 11.4. The molecule has 1 aromatic rings. The van der Waals surface area contributed by atoms with Gasteiger partial charge in [-0.3, -0.25) is 0 Å². The van der Waals surface area contributed by atoms with Crippen LogP contribution in [0.2, 0.25) is 0 Å². The molecule has 0 heterocycles. The van der Waals surface area contributed by atoms with Crippen molar-refractivity contribution in [2.45, 2.75) is 13.8 Å². The van der Waals surface area contributed by atoms with Crippen LogP contribution in [-0.2, 0) is 4.74 Å². The van der Waals surface area contributed by atoms with Crippen molar-refractivity contribution >= 4 is 40.0 Å². The first-order valence-corrected chi connectivity index (χ1v) is 4.91. The molecule has 0 radical (unpaired) electrons. The van der Waals surface area contributed by atoms with Crippen LogP contribution in [0.5, 0.6) is 0 Å². The number of halogens is 2. The van der Waals surface area contributed by atoms with Crippen molar-refractivity contribution in [2.24, 2.45) is 0 Å². The van der Waals surface area contributed by atoms with Gasteiger partial charge in [0.05, 0.1) is 12.7 Å². The van der Waals surface area contributed by atoms with Gasteiger partial charge in [-0.25, -0.2) is 4.79 Å². The SMILES string of the molecule is COC(=O)c1c(C)cc(Br)c(N)c1C.Cl. The number of nitrogens with two attached hydrogens (primary N) is 1. The van der Waals surface area contributed by atoms with Gasteiger partial charge in [-0.2, -0.15) is 0 Å². The van der Waals surface area contributed by atoms with Crippen molar-refractivity contribution in [3.05, 3.63) is 27.2 Å². The smallest absolute Gasteiger partial charge is 0.338 e. The molecule has 0 saturated carbocycles. The van der Waals surface area contributed by atoms with Crippen LogP contribution in [0, 0.1) is 13.8 Å². The van der Waals surface area contributed by atoms with Gasteiger partial charge in [0.1, 0.15) is 0 Å². The van der Waals surface area contributed by atoms with Crippen LogP contribution in [0.3, 0.4) is 0 Å². The molecule has 0 aliphatic heterocycles. The Kier molecular flexibility index (Phi) is 5.11. The third-order valence-corrected chi connectivity index (χ3v) is 2.82. The quantitative estimate of drug-likeness (QED) is 0.640. The van der Waals surface area contributed by atoms with E-state index in [4.69, 9.17) is 5.73 Å². The van der Waals surface area contributed by atoms with Gasteiger partial charge in [0, 0.05) is 10.2 Å². The standard InChI is InChI=1S/C10H12BrNO2.ClH/c1-5-4-7(11)9(12)6(2)8(5)10(13)14-3;/h4H,12H2,1-3H3;1H. The number of carbonyl (C=O) groups is 1. The molecule has 2 N–H and O–H groups in total. The van der Waals surface area contributed by atoms with Crippen molar-refractivity contribution in [3.8, 4) is 0 Å². The molecule has 0 aliphatic carbocycles. The first-order chi connectivity index (χ1) is 6.49. The molecule has 0 aliphatic rings. The summed E-state index contributed by atoms with van der Waals surface area (Å²) in [5, 5.41) is 0. The molecule has 0 spiro atoms. The summed E-state index contributed by atoms with van der Waals surface area (Å²) >= 11 is 3.32. The van der Waals surface area contributed by atoms with E-state index in [0.29, 0.717) is 11.3 Å². The van der Waals surface area contributed by atoms with Crippen LogP contribution < -0.4 is 5.73 Å². The fourth-order valence-electron chi connectivity index (χ4n) is 1.37. The van der Waals surface area contributed by atoms with E-state index in [9.17, 15) is 4.79 Å². The van der Waals surface area contributed by atoms with Crippen molar-refractivity contribution in [3.63, 3.8) is 0 Å². The lowest BCUT2D eigenvalue weighted by atomic mass is 10.0. The number of aryl methyl sites for hydroxylation is 1. The molecule has 1 aromatic carbocycles. The highest BCUT2D eigenvalue weighted by Crippen LogP contribution is 2.29. The molecule has 0 unspecified atom stereocenters. The summed E-state index contributed by atoms with van der Waals surface area (Å²) in [6, 6.07) is 1.81. The second-order valence-electron chi connectivity index (χ2n) is 3.08. The number of hydrogen-bond donors (Lipinski definition) is 1. The largest absolute Gasteiger partial charge is 0.465 e. The molecular formula is C10H13BrClNO2. The van der Waals surface area contributed by atoms with Gasteiger partial charge in [-0.05, 0) is 47.0 Å². The highest BCUT2D eigenvalue weighted by atomic mass is 79.9. The Labute approximate surface area is 104 Å². The molecule has 0 bridgehead atoms. The van der Waals surface area contributed by atoms with Gasteiger partial charge in [0.25, 0.3) is 0 Å². The van der Waals surface area contributed by atoms with Crippen LogP contribution >= 0.6 is 28.3 Å². The first kappa shape index (κ1) is 14.3. The number of hydrogen-bond acceptors (Lipinski definition) is 3. The van der Waals surface area contributed by atoms with Gasteiger partial charge in [0.2, 0.25) is 0 Å². The zero-order valence-electron chi connectivity index (χ0n) is 8.76. The van der Waals surface area contributed by atoms with E-state index in [1.54, 1.807) is 6.92 Å². The summed E-state index contributed by atoms with van der Waals surface area (Å²) in [4.78, 5) is 11.4. The molecule has 1 rings (SSSR count). The Bertz CT molecular complexity index is 393. The van der Waals surface area contributed by atoms with E-state index in [-0.39, 0.29) is 18.4 Å². The average Bonchev–Trinajstić information content (AvgIpc) is 2.14. The maximum absolute atomic E-state index is 11.4. The number of ether oxygens (including phenoxy) is 1. The van der Waals surface area contributed by atoms with E-state index >= 15 is 0 Å². The van der Waals surface area contributed by atoms with Crippen LogP contribution in [0.1, 0.15) is 21.5 Å². The van der Waals surface area contributed by atoms with Gasteiger partial charge in [-0.1, -0.05) is 0 Å². The van der Waals surface area contributed by atoms with Crippen LogP contribution in [0.15, 0.2) is 10.5 Å². The number of benzene rings is 1. The highest BCUT2D eigenvalue weighted by Gasteiger charge is 2.16. The molecule has 0 aromatic heterocycles. The van der Waals surface area contributed by atoms with E-state index in [0.717, 1.165) is 15.6 Å². The number of rotatable bonds is 1. The first-order valence-electron chi connectivity index (χ1n) is 4.12. The average molecular weight is 295 g/mol. The number of carbonyl (C=O) groups excluding carboxylic acids is 1. The second-order valence-corrected chi connectivity index (χ2v) is 3.93. The Hall–Kier alpha value is -0.740. The number of nitrogen functional groups attached to an aromatic ring is 1. The predicted molar refractivity (Wildman–Crippen MR) is 66.6 cm³/mol. The summed E-state index contributed by atoms with van der Waals surface area (Å²) < 4.78 is 5.49. The second kappa shape index (κ2) is 5.37. The van der Waals surface area contributed by atoms with Gasteiger partial charge in [0.15, 0.2) is 0 Å². The fraction of sp³-hybridized carbons (Fsp3) is 0.300. The summed E-state index contributed by atoms with van der Waals surface area (Å²) in [7, 11) is 1.36. The molecule has 0 saturated heterocycles.